The zero-order chi connectivity index (χ0) is 34.7. The van der Waals surface area contributed by atoms with Crippen LogP contribution in [0.4, 0.5) is 17.1 Å². The lowest BCUT2D eigenvalue weighted by molar-refractivity contribution is 1.18. The fourth-order valence-corrected chi connectivity index (χ4v) is 7.50. The Balaban J connectivity index is 1.29. The van der Waals surface area contributed by atoms with Crippen LogP contribution in [-0.4, -0.2) is 4.57 Å². The van der Waals surface area contributed by atoms with E-state index in [2.05, 4.69) is 228 Å². The lowest BCUT2D eigenvalue weighted by Gasteiger charge is -2.27. The summed E-state index contributed by atoms with van der Waals surface area (Å²) in [5, 5.41) is 2.47. The van der Waals surface area contributed by atoms with Crippen LogP contribution >= 0.6 is 0 Å². The van der Waals surface area contributed by atoms with Crippen molar-refractivity contribution in [2.75, 3.05) is 4.90 Å². The predicted molar refractivity (Wildman–Crippen MR) is 220 cm³/mol. The van der Waals surface area contributed by atoms with Crippen molar-refractivity contribution in [2.45, 2.75) is 0 Å². The van der Waals surface area contributed by atoms with Crippen LogP contribution in [0.3, 0.4) is 0 Å². The van der Waals surface area contributed by atoms with Crippen LogP contribution in [0.15, 0.2) is 218 Å². The van der Waals surface area contributed by atoms with Gasteiger partial charge in [0.2, 0.25) is 0 Å². The minimum atomic E-state index is 1.08. The van der Waals surface area contributed by atoms with Gasteiger partial charge in [0.15, 0.2) is 0 Å². The number of nitrogens with zero attached hydrogens (tertiary/aromatic N) is 2. The SMILES string of the molecule is c1ccc(C(=C(c2ccccc2)c2cccc(N(c3ccccc3)c3ccc4c5ccccc5n(-c5ccccc5)c4c3)c2)c2ccccc2)cc1. The van der Waals surface area contributed by atoms with Crippen molar-refractivity contribution in [1.82, 2.24) is 4.57 Å². The molecule has 0 amide bonds. The van der Waals surface area contributed by atoms with Crippen LogP contribution in [0.1, 0.15) is 22.3 Å². The summed E-state index contributed by atoms with van der Waals surface area (Å²) in [6.07, 6.45) is 0. The molecule has 246 valence electrons. The highest BCUT2D eigenvalue weighted by molar-refractivity contribution is 6.10. The number of fused-ring (bicyclic) bond motifs is 3. The lowest BCUT2D eigenvalue weighted by atomic mass is 9.85. The minimum Gasteiger partial charge on any atom is -0.310 e. The van der Waals surface area contributed by atoms with E-state index in [-0.39, 0.29) is 0 Å². The summed E-state index contributed by atoms with van der Waals surface area (Å²) in [5.74, 6) is 0. The van der Waals surface area contributed by atoms with Crippen LogP contribution in [0.25, 0.3) is 38.6 Å². The molecule has 0 aliphatic rings. The van der Waals surface area contributed by atoms with Crippen molar-refractivity contribution in [3.63, 3.8) is 0 Å². The lowest BCUT2D eigenvalue weighted by Crippen LogP contribution is -2.10. The average molecular weight is 665 g/mol. The highest BCUT2D eigenvalue weighted by Gasteiger charge is 2.20. The summed E-state index contributed by atoms with van der Waals surface area (Å²) >= 11 is 0. The highest BCUT2D eigenvalue weighted by atomic mass is 15.1. The van der Waals surface area contributed by atoms with Crippen molar-refractivity contribution in [3.05, 3.63) is 241 Å². The van der Waals surface area contributed by atoms with E-state index in [1.54, 1.807) is 0 Å². The van der Waals surface area contributed by atoms with Crippen molar-refractivity contribution < 1.29 is 0 Å². The molecule has 0 N–H and O–H groups in total. The van der Waals surface area contributed by atoms with Crippen molar-refractivity contribution in [1.29, 1.82) is 0 Å². The van der Waals surface area contributed by atoms with Crippen LogP contribution in [0.2, 0.25) is 0 Å². The second kappa shape index (κ2) is 13.8. The van der Waals surface area contributed by atoms with E-state index >= 15 is 0 Å². The number of benzene rings is 8. The van der Waals surface area contributed by atoms with E-state index in [1.807, 2.05) is 0 Å². The van der Waals surface area contributed by atoms with Crippen LogP contribution in [0.5, 0.6) is 0 Å². The molecule has 0 bridgehead atoms. The molecule has 0 unspecified atom stereocenters. The molecule has 9 rings (SSSR count). The van der Waals surface area contributed by atoms with Crippen molar-refractivity contribution in [3.8, 4) is 5.69 Å². The van der Waals surface area contributed by atoms with E-state index in [4.69, 9.17) is 0 Å². The summed E-state index contributed by atoms with van der Waals surface area (Å²) in [6, 6.07) is 78.3. The number of aromatic nitrogens is 1. The molecular formula is C50H36N2. The topological polar surface area (TPSA) is 8.17 Å². The van der Waals surface area contributed by atoms with Crippen molar-refractivity contribution >= 4 is 50.0 Å². The summed E-state index contributed by atoms with van der Waals surface area (Å²) < 4.78 is 2.38. The van der Waals surface area contributed by atoms with E-state index in [9.17, 15) is 0 Å². The van der Waals surface area contributed by atoms with Gasteiger partial charge in [-0.25, -0.2) is 0 Å². The molecule has 52 heavy (non-hydrogen) atoms. The van der Waals surface area contributed by atoms with Gasteiger partial charge < -0.3 is 9.47 Å². The minimum absolute atomic E-state index is 1.08. The monoisotopic (exact) mass is 664 g/mol. The van der Waals surface area contributed by atoms with Crippen LogP contribution in [-0.2, 0) is 0 Å². The fourth-order valence-electron chi connectivity index (χ4n) is 7.50. The zero-order valence-electron chi connectivity index (χ0n) is 28.7. The molecule has 0 aliphatic carbocycles. The van der Waals surface area contributed by atoms with Gasteiger partial charge in [-0.1, -0.05) is 164 Å². The maximum atomic E-state index is 2.38. The van der Waals surface area contributed by atoms with Gasteiger partial charge in [-0.2, -0.15) is 0 Å². The molecule has 0 atom stereocenters. The summed E-state index contributed by atoms with van der Waals surface area (Å²) in [6.45, 7) is 0. The maximum absolute atomic E-state index is 2.38. The van der Waals surface area contributed by atoms with Crippen molar-refractivity contribution in [2.24, 2.45) is 0 Å². The van der Waals surface area contributed by atoms with E-state index in [1.165, 1.54) is 49.6 Å². The van der Waals surface area contributed by atoms with Crippen LogP contribution in [0, 0.1) is 0 Å². The first kappa shape index (κ1) is 31.1. The Morgan fingerprint density at radius 2 is 0.750 bits per heavy atom. The predicted octanol–water partition coefficient (Wildman–Crippen LogP) is 13.3. The molecule has 1 aromatic heterocycles. The van der Waals surface area contributed by atoms with E-state index in [0.717, 1.165) is 28.3 Å². The molecule has 9 aromatic rings. The molecular weight excluding hydrogens is 629 g/mol. The Bertz CT molecular complexity index is 2600. The largest absolute Gasteiger partial charge is 0.310 e. The standard InChI is InChI=1S/C50H36N2/c1-6-19-37(20-7-1)49(38-21-8-2-9-22-38)50(39-23-10-3-11-24-39)40-25-18-30-43(35-40)51(41-26-12-4-13-27-41)44-33-34-46-45-31-16-17-32-47(45)52(48(46)36-44)42-28-14-5-15-29-42/h1-36H. The molecule has 0 saturated heterocycles. The Morgan fingerprint density at radius 3 is 1.37 bits per heavy atom. The number of para-hydroxylation sites is 3. The summed E-state index contributed by atoms with van der Waals surface area (Å²) in [7, 11) is 0. The van der Waals surface area contributed by atoms with Gasteiger partial charge in [0.25, 0.3) is 0 Å². The number of hydrogen-bond acceptors (Lipinski definition) is 1. The zero-order valence-corrected chi connectivity index (χ0v) is 28.7. The third-order valence-corrected chi connectivity index (χ3v) is 9.77. The van der Waals surface area contributed by atoms with Gasteiger partial charge in [-0.3, -0.25) is 0 Å². The van der Waals surface area contributed by atoms with Gasteiger partial charge in [0.1, 0.15) is 0 Å². The Morgan fingerprint density at radius 1 is 0.308 bits per heavy atom. The molecule has 2 heteroatoms. The quantitative estimate of drug-likeness (QED) is 0.147. The second-order valence-corrected chi connectivity index (χ2v) is 13.0. The third kappa shape index (κ3) is 5.77. The van der Waals surface area contributed by atoms with E-state index < -0.39 is 0 Å². The average Bonchev–Trinajstić information content (AvgIpc) is 3.55. The first-order chi connectivity index (χ1) is 25.8. The molecule has 0 aliphatic heterocycles. The third-order valence-electron chi connectivity index (χ3n) is 9.77. The number of hydrogen-bond donors (Lipinski definition) is 0. The van der Waals surface area contributed by atoms with Gasteiger partial charge in [0.05, 0.1) is 11.0 Å². The molecule has 1 heterocycles. The highest BCUT2D eigenvalue weighted by Crippen LogP contribution is 2.42. The Hall–Kier alpha value is -6.90. The molecule has 0 fully saturated rings. The normalized spacial score (nSPS) is 11.1. The van der Waals surface area contributed by atoms with Crippen LogP contribution < -0.4 is 4.90 Å². The van der Waals surface area contributed by atoms with E-state index in [0.29, 0.717) is 0 Å². The Kier molecular flexibility index (Phi) is 8.24. The second-order valence-electron chi connectivity index (χ2n) is 13.0. The van der Waals surface area contributed by atoms with Gasteiger partial charge in [-0.05, 0) is 88.0 Å². The molecule has 0 spiro atoms. The molecule has 0 saturated carbocycles. The molecule has 2 nitrogen and oxygen atoms in total. The Labute approximate surface area is 304 Å². The molecule has 0 radical (unpaired) electrons. The molecule has 8 aromatic carbocycles. The van der Waals surface area contributed by atoms with Gasteiger partial charge in [0, 0.05) is 33.5 Å². The smallest absolute Gasteiger partial charge is 0.0561 e. The summed E-state index contributed by atoms with van der Waals surface area (Å²) in [4.78, 5) is 2.38. The maximum Gasteiger partial charge on any atom is 0.0561 e. The summed E-state index contributed by atoms with van der Waals surface area (Å²) in [5.41, 5.74) is 13.8. The first-order valence-electron chi connectivity index (χ1n) is 17.8. The number of rotatable bonds is 8. The number of anilines is 3. The van der Waals surface area contributed by atoms with Gasteiger partial charge in [-0.15, -0.1) is 0 Å². The fraction of sp³-hybridized carbons (Fsp3) is 0. The first-order valence-corrected chi connectivity index (χ1v) is 17.8. The van der Waals surface area contributed by atoms with Gasteiger partial charge >= 0.3 is 0 Å².